The Balaban J connectivity index is 1.83. The second kappa shape index (κ2) is 11.9. The van der Waals surface area contributed by atoms with Crippen LogP contribution in [-0.2, 0) is 23.9 Å². The maximum absolute atomic E-state index is 15.4. The van der Waals surface area contributed by atoms with Gasteiger partial charge in [-0.15, -0.1) is 11.3 Å². The van der Waals surface area contributed by atoms with Gasteiger partial charge in [-0.3, -0.25) is 14.5 Å². The topological polar surface area (TPSA) is 98.9 Å². The van der Waals surface area contributed by atoms with Crippen LogP contribution in [0.3, 0.4) is 0 Å². The predicted octanol–water partition coefficient (Wildman–Crippen LogP) is 6.07. The Labute approximate surface area is 246 Å². The van der Waals surface area contributed by atoms with Crippen molar-refractivity contribution in [1.29, 1.82) is 0 Å². The number of esters is 2. The first kappa shape index (κ1) is 28.6. The number of halogens is 2. The molecule has 0 saturated carbocycles. The Hall–Kier alpha value is -3.95. The molecule has 5 rings (SSSR count). The standard InChI is InChI=1S/C31H28ClFN2O5S/c1-3-39-30(37)25-19(23-13-8-14-41-23)16-22-26(28(25)36)24(17-9-7-10-18(32)15-17)27(31(38)40-4-2)29(34)35(22)21-12-6-5-11-20(21)33/h5-15,19,24-25H,3-4,16,34H2,1-2H3/t19-,24+,25-/m1/s1. The van der Waals surface area contributed by atoms with Crippen LogP contribution in [0.2, 0.25) is 5.02 Å². The normalized spacial score (nSPS) is 20.6. The summed E-state index contributed by atoms with van der Waals surface area (Å²) in [5.74, 6) is -5.40. The maximum Gasteiger partial charge on any atom is 0.338 e. The van der Waals surface area contributed by atoms with E-state index in [1.54, 1.807) is 44.2 Å². The molecule has 3 atom stereocenters. The molecule has 41 heavy (non-hydrogen) atoms. The molecule has 212 valence electrons. The van der Waals surface area contributed by atoms with Crippen molar-refractivity contribution in [2.75, 3.05) is 18.1 Å². The molecule has 0 unspecified atom stereocenters. The SMILES string of the molecule is CCOC(=O)C1=C(N)N(c2ccccc2F)C2=C(C(=O)[C@H](C(=O)OCC)[C@@H](c3cccs3)C2)[C@@H]1c1cccc(Cl)c1. The summed E-state index contributed by atoms with van der Waals surface area (Å²) in [6.45, 7) is 3.46. The van der Waals surface area contributed by atoms with Crippen molar-refractivity contribution in [2.45, 2.75) is 32.1 Å². The Morgan fingerprint density at radius 1 is 1.07 bits per heavy atom. The summed E-state index contributed by atoms with van der Waals surface area (Å²) in [4.78, 5) is 43.8. The highest BCUT2D eigenvalue weighted by Gasteiger charge is 2.51. The highest BCUT2D eigenvalue weighted by molar-refractivity contribution is 7.10. The molecule has 0 radical (unpaired) electrons. The highest BCUT2D eigenvalue weighted by atomic mass is 35.5. The van der Waals surface area contributed by atoms with Gasteiger partial charge < -0.3 is 15.2 Å². The number of hydrogen-bond acceptors (Lipinski definition) is 8. The third kappa shape index (κ3) is 5.15. The van der Waals surface area contributed by atoms with Gasteiger partial charge >= 0.3 is 11.9 Å². The molecule has 2 aromatic carbocycles. The van der Waals surface area contributed by atoms with Gasteiger partial charge in [0.2, 0.25) is 0 Å². The van der Waals surface area contributed by atoms with Crippen molar-refractivity contribution in [1.82, 2.24) is 0 Å². The summed E-state index contributed by atoms with van der Waals surface area (Å²) in [6, 6.07) is 16.4. The van der Waals surface area contributed by atoms with Crippen molar-refractivity contribution in [3.8, 4) is 0 Å². The summed E-state index contributed by atoms with van der Waals surface area (Å²) in [5, 5.41) is 2.24. The number of para-hydroxylation sites is 1. The lowest BCUT2D eigenvalue weighted by Gasteiger charge is -2.43. The Bertz CT molecular complexity index is 1570. The van der Waals surface area contributed by atoms with E-state index in [-0.39, 0.29) is 42.3 Å². The quantitative estimate of drug-likeness (QED) is 0.262. The zero-order valence-corrected chi connectivity index (χ0v) is 24.0. The van der Waals surface area contributed by atoms with E-state index in [9.17, 15) is 14.4 Å². The van der Waals surface area contributed by atoms with E-state index >= 15 is 4.39 Å². The van der Waals surface area contributed by atoms with Crippen LogP contribution in [-0.4, -0.2) is 30.9 Å². The zero-order chi connectivity index (χ0) is 29.3. The first-order valence-electron chi connectivity index (χ1n) is 13.2. The van der Waals surface area contributed by atoms with Crippen LogP contribution >= 0.6 is 22.9 Å². The average molecular weight is 595 g/mol. The monoisotopic (exact) mass is 594 g/mol. The van der Waals surface area contributed by atoms with Crippen molar-refractivity contribution in [2.24, 2.45) is 11.7 Å². The van der Waals surface area contributed by atoms with Crippen molar-refractivity contribution < 1.29 is 28.2 Å². The van der Waals surface area contributed by atoms with Crippen molar-refractivity contribution in [3.63, 3.8) is 0 Å². The predicted molar refractivity (Wildman–Crippen MR) is 155 cm³/mol. The number of hydrogen-bond donors (Lipinski definition) is 1. The Kier molecular flexibility index (Phi) is 8.28. The molecule has 0 spiro atoms. The lowest BCUT2D eigenvalue weighted by Crippen LogP contribution is -2.46. The second-order valence-corrected chi connectivity index (χ2v) is 11.0. The summed E-state index contributed by atoms with van der Waals surface area (Å²) in [6.07, 6.45) is 0.160. The van der Waals surface area contributed by atoms with Gasteiger partial charge in [0.25, 0.3) is 0 Å². The van der Waals surface area contributed by atoms with Crippen LogP contribution in [0.25, 0.3) is 0 Å². The minimum atomic E-state index is -1.18. The van der Waals surface area contributed by atoms with Gasteiger partial charge in [0.05, 0.1) is 30.4 Å². The molecular formula is C31H28ClFN2O5S. The minimum absolute atomic E-state index is 0.0401. The number of carbonyl (C=O) groups is 3. The van der Waals surface area contributed by atoms with E-state index in [1.165, 1.54) is 34.4 Å². The summed E-state index contributed by atoms with van der Waals surface area (Å²) in [5.41, 5.74) is 7.83. The molecule has 7 nitrogen and oxygen atoms in total. The number of rotatable bonds is 7. The average Bonchev–Trinajstić information content (AvgIpc) is 3.48. The smallest absolute Gasteiger partial charge is 0.338 e. The molecule has 2 N–H and O–H groups in total. The van der Waals surface area contributed by atoms with Gasteiger partial charge in [0.1, 0.15) is 17.6 Å². The lowest BCUT2D eigenvalue weighted by atomic mass is 9.68. The van der Waals surface area contributed by atoms with Gasteiger partial charge in [0.15, 0.2) is 5.78 Å². The van der Waals surface area contributed by atoms with Crippen LogP contribution < -0.4 is 10.6 Å². The van der Waals surface area contributed by atoms with Gasteiger partial charge in [-0.05, 0) is 61.5 Å². The minimum Gasteiger partial charge on any atom is -0.465 e. The summed E-state index contributed by atoms with van der Waals surface area (Å²) < 4.78 is 26.2. The number of ether oxygens (including phenoxy) is 2. The fraction of sp³-hybridized carbons (Fsp3) is 0.258. The number of ketones is 1. The number of nitrogens with two attached hydrogens (primary N) is 1. The summed E-state index contributed by atoms with van der Waals surface area (Å²) >= 11 is 7.77. The Morgan fingerprint density at radius 3 is 2.49 bits per heavy atom. The molecule has 0 saturated heterocycles. The lowest BCUT2D eigenvalue weighted by molar-refractivity contribution is -0.152. The molecule has 0 amide bonds. The number of benzene rings is 2. The van der Waals surface area contributed by atoms with Crippen LogP contribution in [0, 0.1) is 11.7 Å². The number of allylic oxidation sites excluding steroid dienone is 2. The fourth-order valence-electron chi connectivity index (χ4n) is 5.64. The Morgan fingerprint density at radius 2 is 1.83 bits per heavy atom. The number of thiophene rings is 1. The molecule has 1 aliphatic heterocycles. The number of nitrogens with zero attached hydrogens (tertiary/aromatic N) is 1. The highest BCUT2D eigenvalue weighted by Crippen LogP contribution is 2.52. The number of carbonyl (C=O) groups excluding carboxylic acids is 3. The largest absolute Gasteiger partial charge is 0.465 e. The van der Waals surface area contributed by atoms with E-state index < -0.39 is 41.3 Å². The molecule has 2 aliphatic rings. The molecule has 1 aliphatic carbocycles. The zero-order valence-electron chi connectivity index (χ0n) is 22.4. The van der Waals surface area contributed by atoms with Crippen LogP contribution in [0.15, 0.2) is 88.7 Å². The third-order valence-electron chi connectivity index (χ3n) is 7.26. The molecule has 2 heterocycles. The van der Waals surface area contributed by atoms with E-state index in [4.69, 9.17) is 26.8 Å². The molecule has 0 fully saturated rings. The third-order valence-corrected chi connectivity index (χ3v) is 8.50. The molecular weight excluding hydrogens is 567 g/mol. The van der Waals surface area contributed by atoms with E-state index in [1.807, 2.05) is 17.5 Å². The van der Waals surface area contributed by atoms with Crippen LogP contribution in [0.5, 0.6) is 0 Å². The first-order valence-corrected chi connectivity index (χ1v) is 14.5. The van der Waals surface area contributed by atoms with E-state index in [2.05, 4.69) is 0 Å². The second-order valence-electron chi connectivity index (χ2n) is 9.57. The van der Waals surface area contributed by atoms with Crippen molar-refractivity contribution in [3.05, 3.63) is 110 Å². The molecule has 0 bridgehead atoms. The van der Waals surface area contributed by atoms with Gasteiger partial charge in [-0.25, -0.2) is 9.18 Å². The molecule has 1 aromatic heterocycles. The van der Waals surface area contributed by atoms with Crippen molar-refractivity contribution >= 4 is 46.3 Å². The van der Waals surface area contributed by atoms with Crippen LogP contribution in [0.1, 0.15) is 42.5 Å². The number of Topliss-reactive ketones (excluding diaryl/α,β-unsaturated/α-hetero) is 1. The van der Waals surface area contributed by atoms with Gasteiger partial charge in [-0.1, -0.05) is 41.9 Å². The molecule has 3 aromatic rings. The number of anilines is 1. The summed E-state index contributed by atoms with van der Waals surface area (Å²) in [7, 11) is 0. The first-order chi connectivity index (χ1) is 19.8. The maximum atomic E-state index is 15.4. The van der Waals surface area contributed by atoms with Gasteiger partial charge in [0, 0.05) is 27.1 Å². The van der Waals surface area contributed by atoms with Gasteiger partial charge in [-0.2, -0.15) is 0 Å². The molecule has 10 heteroatoms. The van der Waals surface area contributed by atoms with Crippen LogP contribution in [0.4, 0.5) is 10.1 Å². The van der Waals surface area contributed by atoms with E-state index in [0.717, 1.165) is 4.88 Å². The van der Waals surface area contributed by atoms with E-state index in [0.29, 0.717) is 16.3 Å². The fourth-order valence-corrected chi connectivity index (χ4v) is 6.70.